The quantitative estimate of drug-likeness (QED) is 0.105. The third-order valence-electron chi connectivity index (χ3n) is 9.46. The fourth-order valence-electron chi connectivity index (χ4n) is 5.89. The van der Waals surface area contributed by atoms with Crippen LogP contribution in [0.15, 0.2) is 122 Å². The molecule has 0 aromatic carbocycles. The summed E-state index contributed by atoms with van der Waals surface area (Å²) in [6.07, 6.45) is 1.96. The number of primary amides is 1. The number of aliphatic hydroxyl groups excluding tert-OH is 8. The first-order valence-corrected chi connectivity index (χ1v) is 21.2. The van der Waals surface area contributed by atoms with E-state index >= 15 is 0 Å². The SMILES string of the molecule is C=C1N=C(O)c2nc(oc2C)C(=C)N=C(O)C(C(C)(C)O)N=C(O)C(=C)N=C(O)c2coc(n2)C(=CC)N=C(O)C(C(C)O)N=C(O)c2csc(n2)-c2ccc(C(N)=O)nc2-c2coc(n2)C(=C)N=C1O. The Kier molecular flexibility index (Phi) is 14.8. The smallest absolute Gasteiger partial charge is 0.267 e. The number of carbonyl (C=O) groups excluding carboxylic acids is 1. The van der Waals surface area contributed by atoms with Crippen molar-refractivity contribution in [3.8, 4) is 22.0 Å². The molecule has 27 heteroatoms. The summed E-state index contributed by atoms with van der Waals surface area (Å²) in [4.78, 5) is 61.1. The molecule has 0 spiro atoms. The predicted octanol–water partition coefficient (Wildman–Crippen LogP) is 5.62. The summed E-state index contributed by atoms with van der Waals surface area (Å²) in [7, 11) is 0. The van der Waals surface area contributed by atoms with E-state index in [0.717, 1.165) is 23.9 Å². The van der Waals surface area contributed by atoms with Crippen LogP contribution in [0, 0.1) is 6.92 Å². The first kappa shape index (κ1) is 51.2. The van der Waals surface area contributed by atoms with Gasteiger partial charge in [0.25, 0.3) is 5.91 Å². The Morgan fingerprint density at radius 3 is 2.00 bits per heavy atom. The second kappa shape index (κ2) is 20.6. The second-order valence-electron chi connectivity index (χ2n) is 15.3. The minimum atomic E-state index is -1.94. The van der Waals surface area contributed by atoms with Crippen LogP contribution < -0.4 is 5.73 Å². The van der Waals surface area contributed by atoms with E-state index in [1.54, 1.807) is 0 Å². The van der Waals surface area contributed by atoms with Crippen LogP contribution >= 0.6 is 11.3 Å². The molecule has 0 radical (unpaired) electrons. The highest BCUT2D eigenvalue weighted by Crippen LogP contribution is 2.34. The fraction of sp³-hybridized carbons (Fsp3) is 0.205. The van der Waals surface area contributed by atoms with Crippen molar-refractivity contribution in [2.24, 2.45) is 40.7 Å². The zero-order valence-electron chi connectivity index (χ0n) is 38.0. The molecule has 11 N–H and O–H groups in total. The average Bonchev–Trinajstić information content (AvgIpc) is 4.15. The number of aromatic nitrogens is 5. The molecule has 71 heavy (non-hydrogen) atoms. The van der Waals surface area contributed by atoms with Crippen LogP contribution in [0.3, 0.4) is 0 Å². The molecule has 6 rings (SSSR count). The normalized spacial score (nSPS) is 18.4. The number of hydrogen-bond acceptors (Lipinski definition) is 19. The molecule has 1 aliphatic heterocycles. The third-order valence-corrected chi connectivity index (χ3v) is 10.3. The van der Waals surface area contributed by atoms with E-state index < -0.39 is 82.4 Å². The summed E-state index contributed by atoms with van der Waals surface area (Å²) < 4.78 is 16.6. The van der Waals surface area contributed by atoms with E-state index in [1.165, 1.54) is 58.2 Å². The molecular formula is C44H43N13O13S. The molecule has 0 aliphatic carbocycles. The van der Waals surface area contributed by atoms with Gasteiger partial charge in [-0.3, -0.25) is 4.79 Å². The molecule has 3 atom stereocenters. The summed E-state index contributed by atoms with van der Waals surface area (Å²) in [6, 6.07) is -0.562. The maximum absolute atomic E-state index is 12.2. The van der Waals surface area contributed by atoms with Crippen molar-refractivity contribution in [3.63, 3.8) is 0 Å². The number of nitrogens with two attached hydrogens (primary N) is 1. The van der Waals surface area contributed by atoms with E-state index in [2.05, 4.69) is 86.2 Å². The van der Waals surface area contributed by atoms with Gasteiger partial charge in [0.15, 0.2) is 23.5 Å². The summed E-state index contributed by atoms with van der Waals surface area (Å²) >= 11 is 0.994. The van der Waals surface area contributed by atoms with Gasteiger partial charge in [0, 0.05) is 10.9 Å². The number of thiazole rings is 1. The van der Waals surface area contributed by atoms with Crippen LogP contribution in [0.4, 0.5) is 0 Å². The zero-order valence-corrected chi connectivity index (χ0v) is 38.9. The molecule has 368 valence electrons. The van der Waals surface area contributed by atoms with E-state index in [1.807, 2.05) is 0 Å². The number of pyridine rings is 1. The third kappa shape index (κ3) is 11.6. The Morgan fingerprint density at radius 2 is 1.34 bits per heavy atom. The number of allylic oxidation sites excluding steroid dienone is 1. The zero-order chi connectivity index (χ0) is 52.2. The Balaban J connectivity index is 1.46. The number of oxazole rings is 3. The molecule has 3 unspecified atom stereocenters. The summed E-state index contributed by atoms with van der Waals surface area (Å²) in [5.41, 5.74) is 1.05. The van der Waals surface area contributed by atoms with Crippen LogP contribution in [0.5, 0.6) is 0 Å². The van der Waals surface area contributed by atoms with Crippen LogP contribution in [-0.2, 0) is 0 Å². The molecule has 26 nitrogen and oxygen atoms in total. The van der Waals surface area contributed by atoms with E-state index in [-0.39, 0.29) is 85.3 Å². The topological polar surface area (TPSA) is 416 Å². The highest BCUT2D eigenvalue weighted by atomic mass is 32.1. The van der Waals surface area contributed by atoms with Gasteiger partial charge in [-0.2, -0.15) is 0 Å². The van der Waals surface area contributed by atoms with Gasteiger partial charge < -0.3 is 64.9 Å². The Bertz CT molecular complexity index is 3240. The average molecular weight is 994 g/mol. The van der Waals surface area contributed by atoms with Gasteiger partial charge in [0.1, 0.15) is 74.6 Å². The number of carbonyl (C=O) groups is 1. The van der Waals surface area contributed by atoms with Crippen LogP contribution in [0.25, 0.3) is 39.1 Å². The lowest BCUT2D eigenvalue weighted by Gasteiger charge is -2.24. The molecule has 5 aromatic heterocycles. The molecule has 6 heterocycles. The van der Waals surface area contributed by atoms with Crippen molar-refractivity contribution in [2.75, 3.05) is 0 Å². The Hall–Kier alpha value is -9.21. The molecular weight excluding hydrogens is 951 g/mol. The number of aryl methyl sites for hydroxylation is 1. The molecule has 1 amide bonds. The number of aliphatic imine (C=N–C) groups is 7. The molecule has 0 fully saturated rings. The lowest BCUT2D eigenvalue weighted by molar-refractivity contribution is 0.0681. The van der Waals surface area contributed by atoms with Gasteiger partial charge >= 0.3 is 0 Å². The monoisotopic (exact) mass is 993 g/mol. The summed E-state index contributed by atoms with van der Waals surface area (Å²) in [5, 5.41) is 99.8. The van der Waals surface area contributed by atoms with Gasteiger partial charge in [0.05, 0.1) is 11.7 Å². The number of fused-ring (bicyclic) bond motifs is 11. The molecule has 0 saturated heterocycles. The van der Waals surface area contributed by atoms with E-state index in [0.29, 0.717) is 0 Å². The number of aliphatic hydroxyl groups is 9. The minimum absolute atomic E-state index is 0.00465. The van der Waals surface area contributed by atoms with Crippen molar-refractivity contribution in [3.05, 3.63) is 120 Å². The highest BCUT2D eigenvalue weighted by Gasteiger charge is 2.34. The van der Waals surface area contributed by atoms with Gasteiger partial charge in [-0.25, -0.2) is 59.9 Å². The number of hydrogen-bond donors (Lipinski definition) is 10. The first-order chi connectivity index (χ1) is 33.4. The predicted molar refractivity (Wildman–Crippen MR) is 260 cm³/mol. The number of amides is 1. The van der Waals surface area contributed by atoms with E-state index in [4.69, 9.17) is 19.0 Å². The van der Waals surface area contributed by atoms with Crippen LogP contribution in [-0.4, -0.2) is 142 Å². The number of rotatable bonds is 3. The molecule has 0 saturated carbocycles. The van der Waals surface area contributed by atoms with Gasteiger partial charge in [-0.1, -0.05) is 32.4 Å². The fourth-order valence-corrected chi connectivity index (χ4v) is 6.71. The Morgan fingerprint density at radius 1 is 0.718 bits per heavy atom. The molecule has 5 aromatic rings. The van der Waals surface area contributed by atoms with Gasteiger partial charge in [-0.05, 0) is 46.8 Å². The largest absolute Gasteiger partial charge is 0.495 e. The van der Waals surface area contributed by atoms with Crippen molar-refractivity contribution in [1.29, 1.82) is 0 Å². The first-order valence-electron chi connectivity index (χ1n) is 20.3. The molecule has 1 aliphatic rings. The number of nitrogens with zero attached hydrogens (tertiary/aromatic N) is 12. The minimum Gasteiger partial charge on any atom is -0.495 e. The van der Waals surface area contributed by atoms with Crippen molar-refractivity contribution >= 4 is 75.6 Å². The van der Waals surface area contributed by atoms with Crippen LogP contribution in [0.2, 0.25) is 0 Å². The van der Waals surface area contributed by atoms with Crippen molar-refractivity contribution < 1.29 is 64.0 Å². The lowest BCUT2D eigenvalue weighted by Crippen LogP contribution is -2.41. The standard InChI is InChI=1S/C44H43N13O13S/c1-10-23-42-53-26(14-69-42)35(62)46-17(3)34(61)57-31(44(8,9)67)39(66)49-19(5)41-56-29(21(7)70-41)38(65)47-16(2)33(60)48-18(4)40-52-25(13-68-40)30-22(11-12-24(50-30)32(45)59)43-54-27(15-71-43)36(63)55-28(20(6)58)37(64)51-23/h10-15,20,28,31,58,67H,2-5H2,1,6-9H3,(H2,45,59)(H,46,62)(H,47,65)(H,48,60)(H,49,66)(H,51,64)(H,55,63)(H,57,61). The van der Waals surface area contributed by atoms with Crippen molar-refractivity contribution in [1.82, 2.24) is 24.9 Å². The van der Waals surface area contributed by atoms with E-state index in [9.17, 15) is 50.8 Å². The van der Waals surface area contributed by atoms with Crippen molar-refractivity contribution in [2.45, 2.75) is 58.4 Å². The molecule has 8 bridgehead atoms. The van der Waals surface area contributed by atoms with Crippen LogP contribution in [0.1, 0.15) is 78.7 Å². The highest BCUT2D eigenvalue weighted by molar-refractivity contribution is 7.13. The summed E-state index contributed by atoms with van der Waals surface area (Å²) in [6.45, 7) is 21.2. The second-order valence-corrected chi connectivity index (χ2v) is 16.2. The maximum Gasteiger partial charge on any atom is 0.267 e. The summed E-state index contributed by atoms with van der Waals surface area (Å²) in [5.74, 6) is -7.91. The maximum atomic E-state index is 12.2. The van der Waals surface area contributed by atoms with Gasteiger partial charge in [0.2, 0.25) is 59.0 Å². The van der Waals surface area contributed by atoms with Gasteiger partial charge in [-0.15, -0.1) is 11.3 Å². The Labute approximate surface area is 404 Å². The lowest BCUT2D eigenvalue weighted by atomic mass is 9.99.